The number of fused-ring (bicyclic) bond motifs is 4. The molecule has 8 aromatic rings. The number of hydrogen-bond acceptors (Lipinski definition) is 0. The molecule has 52 heavy (non-hydrogen) atoms. The molecule has 8 aromatic carbocycles. The molecule has 0 saturated carbocycles. The molecule has 0 aliphatic carbocycles. The molecule has 262 valence electrons. The Morgan fingerprint density at radius 2 is 0.808 bits per heavy atom. The molecule has 2 radical (unpaired) electrons. The van der Waals surface area contributed by atoms with E-state index in [0.717, 1.165) is 9.52 Å². The van der Waals surface area contributed by atoms with E-state index in [-0.39, 0.29) is 0 Å². The van der Waals surface area contributed by atoms with Gasteiger partial charge in [-0.05, 0) is 44.5 Å². The summed E-state index contributed by atoms with van der Waals surface area (Å²) >= 11 is -0.826. The Morgan fingerprint density at radius 1 is 0.500 bits per heavy atom. The molecular formula is C48H48Cl2SiZr. The van der Waals surface area contributed by atoms with E-state index < -0.39 is 20.8 Å². The Bertz CT molecular complexity index is 2160. The second-order valence-electron chi connectivity index (χ2n) is 13.4. The van der Waals surface area contributed by atoms with Gasteiger partial charge in [-0.25, -0.2) is 0 Å². The van der Waals surface area contributed by atoms with E-state index in [4.69, 9.17) is 17.0 Å². The van der Waals surface area contributed by atoms with Crippen LogP contribution in [-0.4, -0.2) is 9.52 Å². The summed E-state index contributed by atoms with van der Waals surface area (Å²) in [6.45, 7) is 13.4. The maximum atomic E-state index is 4.93. The molecule has 0 N–H and O–H groups in total. The van der Waals surface area contributed by atoms with Crippen molar-refractivity contribution in [3.8, 4) is 22.3 Å². The molecule has 2 unspecified atom stereocenters. The van der Waals surface area contributed by atoms with E-state index in [1.165, 1.54) is 89.3 Å². The van der Waals surface area contributed by atoms with Gasteiger partial charge < -0.3 is 0 Å². The Kier molecular flexibility index (Phi) is 15.1. The number of hydrogen-bond donors (Lipinski definition) is 0. The van der Waals surface area contributed by atoms with Crippen molar-refractivity contribution < 1.29 is 20.8 Å². The summed E-state index contributed by atoms with van der Waals surface area (Å²) in [5.74, 6) is 1.23. The van der Waals surface area contributed by atoms with Crippen LogP contribution in [0.3, 0.4) is 0 Å². The Morgan fingerprint density at radius 3 is 1.17 bits per heavy atom. The van der Waals surface area contributed by atoms with Crippen LogP contribution in [-0.2, 0) is 20.8 Å². The van der Waals surface area contributed by atoms with Crippen molar-refractivity contribution in [3.63, 3.8) is 0 Å². The monoisotopic (exact) mass is 812 g/mol. The minimum atomic E-state index is -0.826. The quantitative estimate of drug-likeness (QED) is 0.116. The van der Waals surface area contributed by atoms with Gasteiger partial charge in [-0.1, -0.05) is 162 Å². The van der Waals surface area contributed by atoms with Crippen LogP contribution in [0.1, 0.15) is 63.5 Å². The van der Waals surface area contributed by atoms with E-state index in [0.29, 0.717) is 11.8 Å². The first-order chi connectivity index (χ1) is 25.4. The van der Waals surface area contributed by atoms with Gasteiger partial charge in [0.05, 0.1) is 0 Å². The molecule has 0 heterocycles. The summed E-state index contributed by atoms with van der Waals surface area (Å²) in [4.78, 5) is 0. The van der Waals surface area contributed by atoms with Gasteiger partial charge in [-0.3, -0.25) is 0 Å². The normalized spacial score (nSPS) is 11.8. The summed E-state index contributed by atoms with van der Waals surface area (Å²) in [5.41, 5.74) is 8.25. The van der Waals surface area contributed by atoms with E-state index in [1.54, 1.807) is 0 Å². The van der Waals surface area contributed by atoms with Gasteiger partial charge >= 0.3 is 37.9 Å². The Labute approximate surface area is 332 Å². The zero-order valence-electron chi connectivity index (χ0n) is 31.2. The standard InChI is InChI=1S/2C23H21.C2H6Si.2ClH.Zr/c2*1-3-16(2)19-14-18-10-7-13-22(23(18)15-19)21-12-6-9-17-8-4-5-11-20(17)21;1-3-2;;;/h2*4-16H,3H2,1-2H3;1-2H3;2*1H;/q2*-1;;;;+4/p-2. The molecule has 0 amide bonds. The first kappa shape index (κ1) is 39.9. The molecule has 0 bridgehead atoms. The first-order valence-electron chi connectivity index (χ1n) is 18.3. The third kappa shape index (κ3) is 9.26. The molecular weight excluding hydrogens is 767 g/mol. The molecule has 4 heteroatoms. The van der Waals surface area contributed by atoms with Gasteiger partial charge in [0.1, 0.15) is 0 Å². The zero-order valence-corrected chi connectivity index (χ0v) is 36.2. The molecule has 0 aliphatic heterocycles. The fourth-order valence-corrected chi connectivity index (χ4v) is 6.95. The van der Waals surface area contributed by atoms with Crippen molar-refractivity contribution in [3.05, 3.63) is 157 Å². The van der Waals surface area contributed by atoms with E-state index in [2.05, 4.69) is 186 Å². The van der Waals surface area contributed by atoms with Gasteiger partial charge in [0, 0.05) is 9.52 Å². The fraction of sp³-hybridized carbons (Fsp3) is 0.208. The zero-order chi connectivity index (χ0) is 37.0. The SMILES string of the molecule is CCC(C)c1cc2c(-c3cccc4ccccc34)cccc2[cH-]1.CCC(C)c1cc2c(-c3cccc4ccccc34)cccc2[cH-]1.C[Si]C.[Cl][Zr+2][Cl]. The third-order valence-electron chi connectivity index (χ3n) is 10.1. The number of rotatable bonds is 6. The first-order valence-corrected chi connectivity index (χ1v) is 26.6. The average Bonchev–Trinajstić information content (AvgIpc) is 3.83. The van der Waals surface area contributed by atoms with Crippen LogP contribution in [0.25, 0.3) is 65.3 Å². The third-order valence-corrected chi connectivity index (χ3v) is 10.1. The van der Waals surface area contributed by atoms with Crippen LogP contribution in [0.4, 0.5) is 0 Å². The summed E-state index contributed by atoms with van der Waals surface area (Å²) in [6.07, 6.45) is 2.36. The summed E-state index contributed by atoms with van der Waals surface area (Å²) < 4.78 is 0. The second kappa shape index (κ2) is 19.7. The summed E-state index contributed by atoms with van der Waals surface area (Å²) in [6, 6.07) is 53.3. The molecule has 0 fully saturated rings. The van der Waals surface area contributed by atoms with Gasteiger partial charge in [0.2, 0.25) is 0 Å². The number of halogens is 2. The molecule has 0 aromatic heterocycles. The predicted octanol–water partition coefficient (Wildman–Crippen LogP) is 15.9. The minimum absolute atomic E-state index is 0.614. The predicted molar refractivity (Wildman–Crippen MR) is 232 cm³/mol. The van der Waals surface area contributed by atoms with Crippen molar-refractivity contribution >= 4 is 69.6 Å². The van der Waals surface area contributed by atoms with Crippen LogP contribution < -0.4 is 0 Å². The molecule has 0 nitrogen and oxygen atoms in total. The van der Waals surface area contributed by atoms with Gasteiger partial charge in [0.15, 0.2) is 0 Å². The molecule has 0 saturated heterocycles. The molecule has 2 atom stereocenters. The van der Waals surface area contributed by atoms with Crippen molar-refractivity contribution in [1.82, 2.24) is 0 Å². The average molecular weight is 815 g/mol. The van der Waals surface area contributed by atoms with Gasteiger partial charge in [-0.2, -0.15) is 12.1 Å². The molecule has 0 aliphatic rings. The maximum absolute atomic E-state index is 4.93. The van der Waals surface area contributed by atoms with Crippen LogP contribution in [0.5, 0.6) is 0 Å². The van der Waals surface area contributed by atoms with Crippen LogP contribution in [0.15, 0.2) is 146 Å². The van der Waals surface area contributed by atoms with Crippen LogP contribution >= 0.6 is 17.0 Å². The molecule has 0 spiro atoms. The van der Waals surface area contributed by atoms with E-state index >= 15 is 0 Å². The Hall–Kier alpha value is -3.26. The number of benzene rings is 6. The summed E-state index contributed by atoms with van der Waals surface area (Å²) in [5, 5.41) is 10.7. The topological polar surface area (TPSA) is 0 Å². The van der Waals surface area contributed by atoms with Crippen molar-refractivity contribution in [1.29, 1.82) is 0 Å². The van der Waals surface area contributed by atoms with Crippen molar-refractivity contribution in [2.45, 2.75) is 65.5 Å². The Balaban J connectivity index is 0.000000175. The van der Waals surface area contributed by atoms with Crippen LogP contribution in [0.2, 0.25) is 13.1 Å². The van der Waals surface area contributed by atoms with E-state index in [9.17, 15) is 0 Å². The summed E-state index contributed by atoms with van der Waals surface area (Å²) in [7, 11) is 11.0. The van der Waals surface area contributed by atoms with Gasteiger partial charge in [-0.15, -0.1) is 69.1 Å². The fourth-order valence-electron chi connectivity index (χ4n) is 6.95. The second-order valence-corrected chi connectivity index (χ2v) is 18.2. The molecule has 8 rings (SSSR count). The van der Waals surface area contributed by atoms with Gasteiger partial charge in [0.25, 0.3) is 0 Å². The van der Waals surface area contributed by atoms with Crippen LogP contribution in [0, 0.1) is 0 Å². The van der Waals surface area contributed by atoms with Crippen molar-refractivity contribution in [2.75, 3.05) is 0 Å². The van der Waals surface area contributed by atoms with E-state index in [1.807, 2.05) is 0 Å². The van der Waals surface area contributed by atoms with Crippen molar-refractivity contribution in [2.24, 2.45) is 0 Å².